The first kappa shape index (κ1) is 46.2. The summed E-state index contributed by atoms with van der Waals surface area (Å²) in [5.74, 6) is 0.352. The van der Waals surface area contributed by atoms with E-state index in [0.717, 1.165) is 52.3 Å². The molecular formula is C49H39BBrN11O6. The molecular weight excluding hydrogens is 929 g/mol. The average molecular weight is 969 g/mol. The predicted molar refractivity (Wildman–Crippen MR) is 256 cm³/mol. The largest absolute Gasteiger partial charge is 0.488 e. The van der Waals surface area contributed by atoms with Crippen molar-refractivity contribution in [2.75, 3.05) is 9.80 Å². The zero-order chi connectivity index (χ0) is 48.1. The summed E-state index contributed by atoms with van der Waals surface area (Å²) in [5, 5.41) is 43.9. The second-order valence-corrected chi connectivity index (χ2v) is 16.7. The molecule has 4 N–H and O–H groups in total. The summed E-state index contributed by atoms with van der Waals surface area (Å²) in [6, 6.07) is 31.4. The number of nitrogens with zero attached hydrogens (tertiary/aromatic N) is 10. The number of nitriles is 2. The van der Waals surface area contributed by atoms with Gasteiger partial charge in [0.1, 0.15) is 23.8 Å². The number of anilines is 2. The van der Waals surface area contributed by atoms with Crippen molar-refractivity contribution in [1.82, 2.24) is 29.2 Å². The Morgan fingerprint density at radius 1 is 0.662 bits per heavy atom. The Morgan fingerprint density at radius 2 is 1.15 bits per heavy atom. The van der Waals surface area contributed by atoms with Crippen LogP contribution in [0.1, 0.15) is 85.2 Å². The van der Waals surface area contributed by atoms with Gasteiger partial charge in [-0.3, -0.25) is 29.0 Å². The lowest BCUT2D eigenvalue weighted by Gasteiger charge is -2.21. The normalized spacial score (nSPS) is 12.6. The van der Waals surface area contributed by atoms with Gasteiger partial charge in [-0.1, -0.05) is 36.4 Å². The molecule has 6 heterocycles. The van der Waals surface area contributed by atoms with Crippen molar-refractivity contribution in [3.63, 3.8) is 0 Å². The van der Waals surface area contributed by atoms with Gasteiger partial charge in [-0.25, -0.2) is 19.0 Å². The van der Waals surface area contributed by atoms with E-state index in [9.17, 15) is 19.2 Å². The van der Waals surface area contributed by atoms with Crippen molar-refractivity contribution in [3.8, 4) is 23.3 Å². The molecule has 19 heteroatoms. The summed E-state index contributed by atoms with van der Waals surface area (Å²) in [5.41, 5.74) is 12.1. The van der Waals surface area contributed by atoms with Crippen LogP contribution in [0.2, 0.25) is 0 Å². The number of primary amides is 1. The molecule has 0 aliphatic heterocycles. The van der Waals surface area contributed by atoms with Gasteiger partial charge in [0.25, 0.3) is 11.8 Å². The minimum atomic E-state index is -1.47. The summed E-state index contributed by atoms with van der Waals surface area (Å²) in [4.78, 5) is 60.7. The van der Waals surface area contributed by atoms with Gasteiger partial charge in [0, 0.05) is 64.7 Å². The molecule has 0 saturated heterocycles. The number of fused-ring (bicyclic) bond motifs is 2. The smallest absolute Gasteiger partial charge is 0.423 e. The lowest BCUT2D eigenvalue weighted by atomic mass is 9.80. The van der Waals surface area contributed by atoms with Crippen molar-refractivity contribution in [2.45, 2.75) is 44.7 Å². The van der Waals surface area contributed by atoms with Gasteiger partial charge in [-0.05, 0) is 120 Å². The van der Waals surface area contributed by atoms with Crippen LogP contribution < -0.4 is 21.0 Å². The SMILES string of the molecule is CC(=O)c1ccc(B(O)O)cc1.N#Cc1ccc(N(C(=O)c2ccn3ncc(-c4ccc(C(N)=O)cc4)c3c2)C2CC2)nc1.N#Cc1ccc(N(C(=O)c2ccn3ncc(Br)c3c2)C2CC2)nc1. The molecule has 2 saturated carbocycles. The minimum absolute atomic E-state index is 0.0334. The lowest BCUT2D eigenvalue weighted by Crippen LogP contribution is -2.33. The minimum Gasteiger partial charge on any atom is -0.423 e. The molecule has 17 nitrogen and oxygen atoms in total. The standard InChI is InChI=1S/C24H18N6O2.C17H12BrN5O.C8H9BO3/c25-12-15-1-8-22(27-13-15)30(19-6-7-19)24(32)18-9-10-29-21(11-18)20(14-28-29)16-2-4-17(5-3-16)23(26)31;18-14-10-21-22-6-5-12(7-15(14)22)17(24)23(13-2-3-13)16-4-1-11(8-19)9-20-16;1-6(10)7-2-4-8(5-3-7)9(11)12/h1-5,8-11,13-14,19H,6-7H2,(H2,26,31);1,4-7,9-10,13H,2-3H2;2-5,11-12H,1H3. The first-order valence-corrected chi connectivity index (χ1v) is 22.0. The van der Waals surface area contributed by atoms with Crippen molar-refractivity contribution in [2.24, 2.45) is 5.73 Å². The van der Waals surface area contributed by atoms with E-state index in [2.05, 4.69) is 36.1 Å². The fourth-order valence-corrected chi connectivity index (χ4v) is 7.56. The number of Topliss-reactive ketones (excluding diaryl/α,β-unsaturated/α-hetero) is 1. The second kappa shape index (κ2) is 20.0. The third kappa shape index (κ3) is 10.4. The highest BCUT2D eigenvalue weighted by Gasteiger charge is 2.36. The first-order valence-electron chi connectivity index (χ1n) is 21.2. The maximum Gasteiger partial charge on any atom is 0.488 e. The number of carbonyl (C=O) groups excluding carboxylic acids is 4. The van der Waals surface area contributed by atoms with Crippen molar-refractivity contribution < 1.29 is 29.2 Å². The van der Waals surface area contributed by atoms with Gasteiger partial charge in [-0.15, -0.1) is 0 Å². The molecule has 8 aromatic rings. The van der Waals surface area contributed by atoms with Crippen LogP contribution >= 0.6 is 15.9 Å². The van der Waals surface area contributed by atoms with Crippen LogP contribution in [0.3, 0.4) is 0 Å². The number of hydrogen-bond acceptors (Lipinski definition) is 12. The summed E-state index contributed by atoms with van der Waals surface area (Å²) >= 11 is 3.44. The number of benzene rings is 2. The third-order valence-corrected chi connectivity index (χ3v) is 11.7. The van der Waals surface area contributed by atoms with Crippen LogP contribution in [0.15, 0.2) is 139 Å². The molecule has 0 radical (unpaired) electrons. The fourth-order valence-electron chi connectivity index (χ4n) is 7.17. The van der Waals surface area contributed by atoms with E-state index in [4.69, 9.17) is 26.3 Å². The van der Waals surface area contributed by atoms with Crippen molar-refractivity contribution >= 4 is 74.7 Å². The lowest BCUT2D eigenvalue weighted by molar-refractivity contribution is 0.0976. The molecule has 10 rings (SSSR count). The van der Waals surface area contributed by atoms with Gasteiger partial charge >= 0.3 is 7.12 Å². The van der Waals surface area contributed by atoms with Crippen LogP contribution in [0, 0.1) is 22.7 Å². The number of halogens is 1. The van der Waals surface area contributed by atoms with Crippen LogP contribution in [0.25, 0.3) is 22.2 Å². The zero-order valence-electron chi connectivity index (χ0n) is 36.2. The molecule has 3 amide bonds. The highest BCUT2D eigenvalue weighted by molar-refractivity contribution is 9.10. The quantitative estimate of drug-likeness (QED) is 0.107. The zero-order valence-corrected chi connectivity index (χ0v) is 37.8. The van der Waals surface area contributed by atoms with Gasteiger partial charge in [-0.2, -0.15) is 20.7 Å². The van der Waals surface area contributed by atoms with E-state index < -0.39 is 13.0 Å². The van der Waals surface area contributed by atoms with Gasteiger partial charge < -0.3 is 15.8 Å². The van der Waals surface area contributed by atoms with Gasteiger partial charge in [0.2, 0.25) is 5.91 Å². The summed E-state index contributed by atoms with van der Waals surface area (Å²) in [7, 11) is -1.47. The number of pyridine rings is 4. The number of hydrogen-bond donors (Lipinski definition) is 3. The molecule has 2 aliphatic rings. The Bertz CT molecular complexity index is 3270. The summed E-state index contributed by atoms with van der Waals surface area (Å²) in [6.07, 6.45) is 13.7. The number of ketones is 1. The number of nitrogens with two attached hydrogens (primary N) is 1. The van der Waals surface area contributed by atoms with E-state index in [-0.39, 0.29) is 29.7 Å². The Balaban J connectivity index is 0.000000152. The van der Waals surface area contributed by atoms with E-state index in [1.54, 1.807) is 104 Å². The maximum absolute atomic E-state index is 13.5. The molecule has 0 spiro atoms. The van der Waals surface area contributed by atoms with E-state index in [1.807, 2.05) is 36.4 Å². The van der Waals surface area contributed by atoms with Crippen LogP contribution in [-0.4, -0.2) is 82.0 Å². The second-order valence-electron chi connectivity index (χ2n) is 15.9. The monoisotopic (exact) mass is 967 g/mol. The Kier molecular flexibility index (Phi) is 13.6. The molecule has 68 heavy (non-hydrogen) atoms. The van der Waals surface area contributed by atoms with Crippen LogP contribution in [0.5, 0.6) is 0 Å². The van der Waals surface area contributed by atoms with Crippen molar-refractivity contribution in [1.29, 1.82) is 10.5 Å². The molecule has 2 fully saturated rings. The third-order valence-electron chi connectivity index (χ3n) is 11.1. The molecule has 2 aromatic carbocycles. The van der Waals surface area contributed by atoms with E-state index >= 15 is 0 Å². The maximum atomic E-state index is 13.5. The number of rotatable bonds is 10. The average Bonchev–Trinajstić information content (AvgIpc) is 4.31. The summed E-state index contributed by atoms with van der Waals surface area (Å²) < 4.78 is 4.25. The number of amides is 3. The Labute approximate surface area is 397 Å². The van der Waals surface area contributed by atoms with Gasteiger partial charge in [0.05, 0.1) is 39.0 Å². The van der Waals surface area contributed by atoms with Crippen LogP contribution in [-0.2, 0) is 0 Å². The first-order chi connectivity index (χ1) is 32.8. The molecule has 336 valence electrons. The topological polar surface area (TPSA) is 249 Å². The summed E-state index contributed by atoms with van der Waals surface area (Å²) in [6.45, 7) is 1.46. The molecule has 6 aromatic heterocycles. The highest BCUT2D eigenvalue weighted by atomic mass is 79.9. The fraction of sp³-hybridized carbons (Fsp3) is 0.143. The molecule has 0 atom stereocenters. The van der Waals surface area contributed by atoms with E-state index in [0.29, 0.717) is 50.5 Å². The highest BCUT2D eigenvalue weighted by Crippen LogP contribution is 2.34. The molecule has 0 unspecified atom stereocenters. The van der Waals surface area contributed by atoms with Gasteiger partial charge in [0.15, 0.2) is 5.78 Å². The van der Waals surface area contributed by atoms with Crippen molar-refractivity contribution in [3.05, 3.63) is 172 Å². The number of aromatic nitrogens is 6. The Hall–Kier alpha value is -8.36. The number of carbonyl (C=O) groups is 4. The van der Waals surface area contributed by atoms with E-state index in [1.165, 1.54) is 31.5 Å². The molecule has 0 bridgehead atoms. The predicted octanol–water partition coefficient (Wildman–Crippen LogP) is 5.92. The van der Waals surface area contributed by atoms with Crippen LogP contribution in [0.4, 0.5) is 11.6 Å². The molecule has 2 aliphatic carbocycles. The Morgan fingerprint density at radius 3 is 1.59 bits per heavy atom.